The second-order valence-corrected chi connectivity index (χ2v) is 7.11. The van der Waals surface area contributed by atoms with Crippen LogP contribution in [0.1, 0.15) is 29.4 Å². The Morgan fingerprint density at radius 2 is 2.29 bits per heavy atom. The molecule has 0 spiro atoms. The van der Waals surface area contributed by atoms with Crippen molar-refractivity contribution in [3.05, 3.63) is 40.9 Å². The van der Waals surface area contributed by atoms with Crippen LogP contribution in [0.4, 0.5) is 5.13 Å². The summed E-state index contributed by atoms with van der Waals surface area (Å²) in [6.07, 6.45) is 4.68. The average Bonchev–Trinajstić information content (AvgIpc) is 2.82. The van der Waals surface area contributed by atoms with Crippen LogP contribution in [0.2, 0.25) is 0 Å². The zero-order chi connectivity index (χ0) is 16.8. The van der Waals surface area contributed by atoms with Crippen molar-refractivity contribution in [3.63, 3.8) is 0 Å². The highest BCUT2D eigenvalue weighted by Crippen LogP contribution is 2.48. The molecule has 1 saturated carbocycles. The topological polar surface area (TPSA) is 73.0 Å². The molecule has 2 atom stereocenters. The molecule has 1 fully saturated rings. The van der Waals surface area contributed by atoms with E-state index in [-0.39, 0.29) is 17.7 Å². The van der Waals surface area contributed by atoms with Crippen LogP contribution >= 0.6 is 11.3 Å². The Labute approximate surface area is 143 Å². The van der Waals surface area contributed by atoms with Gasteiger partial charge < -0.3 is 9.73 Å². The fourth-order valence-corrected chi connectivity index (χ4v) is 3.74. The van der Waals surface area contributed by atoms with Crippen molar-refractivity contribution in [2.75, 3.05) is 5.32 Å². The lowest BCUT2D eigenvalue weighted by Crippen LogP contribution is -2.14. The van der Waals surface area contributed by atoms with Gasteiger partial charge in [0, 0.05) is 30.1 Å². The first-order chi connectivity index (χ1) is 11.5. The molecule has 3 aromatic rings. The van der Waals surface area contributed by atoms with Gasteiger partial charge in [-0.1, -0.05) is 0 Å². The molecule has 3 heterocycles. The Kier molecular flexibility index (Phi) is 3.53. The van der Waals surface area contributed by atoms with Crippen molar-refractivity contribution < 1.29 is 9.21 Å². The van der Waals surface area contributed by atoms with E-state index >= 15 is 0 Å². The molecule has 0 saturated heterocycles. The van der Waals surface area contributed by atoms with E-state index in [1.807, 2.05) is 44.7 Å². The number of furan rings is 1. The van der Waals surface area contributed by atoms with Crippen molar-refractivity contribution in [3.8, 4) is 11.3 Å². The van der Waals surface area contributed by atoms with Gasteiger partial charge in [0.25, 0.3) is 0 Å². The maximum atomic E-state index is 12.4. The van der Waals surface area contributed by atoms with Crippen LogP contribution in [0.3, 0.4) is 0 Å². The summed E-state index contributed by atoms with van der Waals surface area (Å²) < 4.78 is 7.31. The monoisotopic (exact) mass is 342 g/mol. The molecule has 0 bridgehead atoms. The van der Waals surface area contributed by atoms with Gasteiger partial charge >= 0.3 is 0 Å². The minimum absolute atomic E-state index is 0.0134. The summed E-state index contributed by atoms with van der Waals surface area (Å²) in [5.41, 5.74) is 2.94. The van der Waals surface area contributed by atoms with Gasteiger partial charge in [0.15, 0.2) is 5.13 Å². The fraction of sp³-hybridized carbons (Fsp3) is 0.353. The van der Waals surface area contributed by atoms with E-state index < -0.39 is 0 Å². The second-order valence-electron chi connectivity index (χ2n) is 6.25. The second kappa shape index (κ2) is 5.59. The zero-order valence-corrected chi connectivity index (χ0v) is 14.6. The zero-order valence-electron chi connectivity index (χ0n) is 13.7. The van der Waals surface area contributed by atoms with Gasteiger partial charge in [-0.15, -0.1) is 11.3 Å². The highest BCUT2D eigenvalue weighted by Gasteiger charge is 2.44. The van der Waals surface area contributed by atoms with Crippen LogP contribution in [0.25, 0.3) is 11.3 Å². The Bertz CT molecular complexity index is 907. The van der Waals surface area contributed by atoms with E-state index in [9.17, 15) is 4.79 Å². The van der Waals surface area contributed by atoms with Crippen molar-refractivity contribution in [2.45, 2.75) is 26.2 Å². The van der Waals surface area contributed by atoms with Crippen LogP contribution in [0.5, 0.6) is 0 Å². The predicted molar refractivity (Wildman–Crippen MR) is 92.0 cm³/mol. The molecule has 0 aliphatic heterocycles. The Hall–Kier alpha value is -2.41. The molecule has 1 amide bonds. The molecule has 2 unspecified atom stereocenters. The molecule has 1 aliphatic rings. The number of aryl methyl sites for hydroxylation is 3. The molecule has 3 aromatic heterocycles. The first-order valence-corrected chi connectivity index (χ1v) is 8.71. The third-order valence-electron chi connectivity index (χ3n) is 4.33. The summed E-state index contributed by atoms with van der Waals surface area (Å²) in [6, 6.07) is 1.97. The predicted octanol–water partition coefficient (Wildman–Crippen LogP) is 3.50. The number of nitrogens with zero attached hydrogens (tertiary/aromatic N) is 3. The number of carbonyl (C=O) groups excluding carboxylic acids is 1. The maximum absolute atomic E-state index is 12.4. The average molecular weight is 342 g/mol. The molecule has 7 heteroatoms. The number of hydrogen-bond acceptors (Lipinski definition) is 5. The molecular formula is C17H18N4O2S. The Balaban J connectivity index is 1.43. The minimum atomic E-state index is 0.0134. The molecule has 1 N–H and O–H groups in total. The molecule has 0 aromatic carbocycles. The van der Waals surface area contributed by atoms with Gasteiger partial charge in [0.05, 0.1) is 11.9 Å². The number of carbonyl (C=O) groups is 1. The molecule has 6 nitrogen and oxygen atoms in total. The number of anilines is 1. The van der Waals surface area contributed by atoms with Gasteiger partial charge in [0.2, 0.25) is 5.91 Å². The van der Waals surface area contributed by atoms with E-state index in [0.29, 0.717) is 5.13 Å². The SMILES string of the molecule is Cc1cc(-c2csc(NC(=O)C3CC3c3cnn(C)c3)n2)c(C)o1. The van der Waals surface area contributed by atoms with Gasteiger partial charge in [-0.05, 0) is 37.8 Å². The highest BCUT2D eigenvalue weighted by molar-refractivity contribution is 7.14. The third-order valence-corrected chi connectivity index (χ3v) is 5.09. The summed E-state index contributed by atoms with van der Waals surface area (Å²) in [5.74, 6) is 2.02. The smallest absolute Gasteiger partial charge is 0.229 e. The van der Waals surface area contributed by atoms with Crippen molar-refractivity contribution in [1.29, 1.82) is 0 Å². The lowest BCUT2D eigenvalue weighted by molar-refractivity contribution is -0.117. The normalized spacial score (nSPS) is 19.5. The first-order valence-electron chi connectivity index (χ1n) is 7.83. The molecule has 0 radical (unpaired) electrons. The van der Waals surface area contributed by atoms with Crippen molar-refractivity contribution in [1.82, 2.24) is 14.8 Å². The van der Waals surface area contributed by atoms with Gasteiger partial charge in [-0.2, -0.15) is 5.10 Å². The third kappa shape index (κ3) is 2.75. The van der Waals surface area contributed by atoms with Crippen LogP contribution in [0, 0.1) is 19.8 Å². The summed E-state index contributed by atoms with van der Waals surface area (Å²) in [4.78, 5) is 16.9. The minimum Gasteiger partial charge on any atom is -0.466 e. The Morgan fingerprint density at radius 3 is 2.96 bits per heavy atom. The number of thiazole rings is 1. The van der Waals surface area contributed by atoms with E-state index in [1.165, 1.54) is 11.3 Å². The maximum Gasteiger partial charge on any atom is 0.229 e. The Morgan fingerprint density at radius 1 is 1.46 bits per heavy atom. The van der Waals surface area contributed by atoms with Gasteiger partial charge in [-0.3, -0.25) is 9.48 Å². The first kappa shape index (κ1) is 15.1. The van der Waals surface area contributed by atoms with Crippen LogP contribution < -0.4 is 5.32 Å². The number of amides is 1. The van der Waals surface area contributed by atoms with Crippen molar-refractivity contribution in [2.24, 2.45) is 13.0 Å². The summed E-state index contributed by atoms with van der Waals surface area (Å²) in [7, 11) is 1.89. The summed E-state index contributed by atoms with van der Waals surface area (Å²) in [6.45, 7) is 3.83. The molecular weight excluding hydrogens is 324 g/mol. The van der Waals surface area contributed by atoms with Crippen LogP contribution in [-0.4, -0.2) is 20.7 Å². The molecule has 4 rings (SSSR count). The van der Waals surface area contributed by atoms with E-state index in [1.54, 1.807) is 4.68 Å². The summed E-state index contributed by atoms with van der Waals surface area (Å²) in [5, 5.41) is 9.68. The summed E-state index contributed by atoms with van der Waals surface area (Å²) >= 11 is 1.44. The number of aromatic nitrogens is 3. The van der Waals surface area contributed by atoms with Gasteiger partial charge in [-0.25, -0.2) is 4.98 Å². The van der Waals surface area contributed by atoms with E-state index in [4.69, 9.17) is 4.42 Å². The van der Waals surface area contributed by atoms with Gasteiger partial charge in [0.1, 0.15) is 11.5 Å². The standard InChI is InChI=1S/C17H18N4O2S/c1-9-4-12(10(2)23-9)15-8-24-17(19-15)20-16(22)14-5-13(14)11-6-18-21(3)7-11/h4,6-8,13-14H,5H2,1-3H3,(H,19,20,22). The molecule has 1 aliphatic carbocycles. The van der Waals surface area contributed by atoms with E-state index in [0.717, 1.165) is 34.8 Å². The molecule has 24 heavy (non-hydrogen) atoms. The number of nitrogens with one attached hydrogen (secondary N) is 1. The van der Waals surface area contributed by atoms with E-state index in [2.05, 4.69) is 15.4 Å². The lowest BCUT2D eigenvalue weighted by atomic mass is 10.2. The van der Waals surface area contributed by atoms with Crippen molar-refractivity contribution >= 4 is 22.4 Å². The lowest BCUT2D eigenvalue weighted by Gasteiger charge is -2.00. The fourth-order valence-electron chi connectivity index (χ4n) is 3.02. The molecule has 124 valence electrons. The van der Waals surface area contributed by atoms with Crippen LogP contribution in [0.15, 0.2) is 28.3 Å². The number of rotatable bonds is 4. The van der Waals surface area contributed by atoms with Crippen LogP contribution in [-0.2, 0) is 11.8 Å². The quantitative estimate of drug-likeness (QED) is 0.787. The number of hydrogen-bond donors (Lipinski definition) is 1. The largest absolute Gasteiger partial charge is 0.466 e. The highest BCUT2D eigenvalue weighted by atomic mass is 32.1.